The number of anilines is 1. The van der Waals surface area contributed by atoms with Gasteiger partial charge >= 0.3 is 0 Å². The second-order valence-corrected chi connectivity index (χ2v) is 11.0. The molecule has 0 unspecified atom stereocenters. The average Bonchev–Trinajstić information content (AvgIpc) is 3.28. The fraction of sp³-hybridized carbons (Fsp3) is 0.364. The second kappa shape index (κ2) is 11.2. The molecular formula is C33H35N3O5. The quantitative estimate of drug-likeness (QED) is 0.284. The number of rotatable bonds is 6. The van der Waals surface area contributed by atoms with Gasteiger partial charge < -0.3 is 28.1 Å². The zero-order chi connectivity index (χ0) is 27.8. The third kappa shape index (κ3) is 5.07. The summed E-state index contributed by atoms with van der Waals surface area (Å²) in [6, 6.07) is 19.4. The monoisotopic (exact) mass is 553 g/mol. The summed E-state index contributed by atoms with van der Waals surface area (Å²) in [5, 5.41) is 2.50. The predicted molar refractivity (Wildman–Crippen MR) is 162 cm³/mol. The standard InChI is InChI=1S/C33H35N3O5/c1-34-12-5-13-35(15-14-34)16-21-39-29-11-10-24(33-31(29)26-6-2-3-9-28(26)40-33)23-7-4-8-25-27(37)22-30(41-32(23)25)36-17-19-38-20-18-36/h2-4,6-11,22H,5,12-21H2,1H3. The summed E-state index contributed by atoms with van der Waals surface area (Å²) in [5.74, 6) is 1.37. The highest BCUT2D eigenvalue weighted by molar-refractivity contribution is 6.14. The summed E-state index contributed by atoms with van der Waals surface area (Å²) in [4.78, 5) is 20.1. The number of para-hydroxylation sites is 2. The molecule has 7 rings (SSSR count). The molecule has 2 aliphatic rings. The zero-order valence-electron chi connectivity index (χ0n) is 23.4. The van der Waals surface area contributed by atoms with Crippen molar-refractivity contribution >= 4 is 38.8 Å². The molecule has 8 nitrogen and oxygen atoms in total. The van der Waals surface area contributed by atoms with Gasteiger partial charge in [0.15, 0.2) is 11.3 Å². The Morgan fingerprint density at radius 2 is 1.63 bits per heavy atom. The van der Waals surface area contributed by atoms with Gasteiger partial charge in [-0.1, -0.05) is 30.3 Å². The first kappa shape index (κ1) is 26.1. The molecular weight excluding hydrogens is 518 g/mol. The van der Waals surface area contributed by atoms with Crippen molar-refractivity contribution in [3.05, 3.63) is 70.9 Å². The summed E-state index contributed by atoms with van der Waals surface area (Å²) in [7, 11) is 2.19. The van der Waals surface area contributed by atoms with Crippen LogP contribution >= 0.6 is 0 Å². The Morgan fingerprint density at radius 1 is 0.805 bits per heavy atom. The summed E-state index contributed by atoms with van der Waals surface area (Å²) >= 11 is 0. The van der Waals surface area contributed by atoms with E-state index in [1.165, 1.54) is 6.42 Å². The Hall–Kier alpha value is -3.85. The second-order valence-electron chi connectivity index (χ2n) is 11.0. The topological polar surface area (TPSA) is 71.5 Å². The van der Waals surface area contributed by atoms with Crippen molar-refractivity contribution in [2.24, 2.45) is 0 Å². The van der Waals surface area contributed by atoms with Crippen LogP contribution in [0, 0.1) is 0 Å². The van der Waals surface area contributed by atoms with Gasteiger partial charge in [0, 0.05) is 55.3 Å². The molecule has 212 valence electrons. The molecule has 0 spiro atoms. The van der Waals surface area contributed by atoms with Crippen molar-refractivity contribution in [3.63, 3.8) is 0 Å². The van der Waals surface area contributed by atoms with Gasteiger partial charge in [-0.25, -0.2) is 0 Å². The molecule has 41 heavy (non-hydrogen) atoms. The summed E-state index contributed by atoms with van der Waals surface area (Å²) in [5.41, 5.74) is 3.71. The molecule has 0 radical (unpaired) electrons. The van der Waals surface area contributed by atoms with E-state index in [2.05, 4.69) is 27.8 Å². The van der Waals surface area contributed by atoms with Gasteiger partial charge in [0.2, 0.25) is 0 Å². The van der Waals surface area contributed by atoms with Crippen LogP contribution in [0.25, 0.3) is 44.0 Å². The number of benzene rings is 3. The van der Waals surface area contributed by atoms with E-state index in [4.69, 9.17) is 18.3 Å². The van der Waals surface area contributed by atoms with Gasteiger partial charge in [-0.2, -0.15) is 0 Å². The minimum Gasteiger partial charge on any atom is -0.491 e. The van der Waals surface area contributed by atoms with Crippen molar-refractivity contribution in [1.82, 2.24) is 9.80 Å². The van der Waals surface area contributed by atoms with Crippen molar-refractivity contribution in [2.75, 3.05) is 77.6 Å². The zero-order valence-corrected chi connectivity index (χ0v) is 23.4. The Bertz CT molecular complexity index is 1750. The Morgan fingerprint density at radius 3 is 2.54 bits per heavy atom. The van der Waals surface area contributed by atoms with Crippen LogP contribution in [-0.2, 0) is 4.74 Å². The van der Waals surface area contributed by atoms with E-state index in [-0.39, 0.29) is 5.43 Å². The normalized spacial score (nSPS) is 17.4. The Labute approximate surface area is 238 Å². The van der Waals surface area contributed by atoms with E-state index < -0.39 is 0 Å². The fourth-order valence-corrected chi connectivity index (χ4v) is 6.06. The first-order valence-electron chi connectivity index (χ1n) is 14.5. The molecule has 2 fully saturated rings. The summed E-state index contributed by atoms with van der Waals surface area (Å²) in [6.45, 7) is 8.45. The van der Waals surface area contributed by atoms with E-state index >= 15 is 0 Å². The third-order valence-corrected chi connectivity index (χ3v) is 8.32. The third-order valence-electron chi connectivity index (χ3n) is 8.32. The molecule has 0 aliphatic carbocycles. The van der Waals surface area contributed by atoms with E-state index in [0.29, 0.717) is 49.8 Å². The predicted octanol–water partition coefficient (Wildman–Crippen LogP) is 5.21. The van der Waals surface area contributed by atoms with Gasteiger partial charge in [0.25, 0.3) is 0 Å². The minimum absolute atomic E-state index is 0.0601. The van der Waals surface area contributed by atoms with Gasteiger partial charge in [-0.3, -0.25) is 9.69 Å². The SMILES string of the molecule is CN1CCCN(CCOc2ccc(-c3cccc4c(=O)cc(N5CCOCC5)oc34)c3oc4ccccc4c23)CC1. The number of morpholine rings is 1. The van der Waals surface area contributed by atoms with E-state index in [9.17, 15) is 4.79 Å². The van der Waals surface area contributed by atoms with Crippen LogP contribution in [0.2, 0.25) is 0 Å². The lowest BCUT2D eigenvalue weighted by Gasteiger charge is -2.27. The van der Waals surface area contributed by atoms with Crippen LogP contribution in [0.1, 0.15) is 6.42 Å². The molecule has 0 atom stereocenters. The van der Waals surface area contributed by atoms with Crippen LogP contribution in [0.3, 0.4) is 0 Å². The lowest BCUT2D eigenvalue weighted by atomic mass is 9.99. The first-order valence-corrected chi connectivity index (χ1v) is 14.5. The van der Waals surface area contributed by atoms with Gasteiger partial charge in [0.1, 0.15) is 29.1 Å². The maximum atomic E-state index is 13.2. The maximum absolute atomic E-state index is 13.2. The number of furan rings is 1. The molecule has 2 saturated heterocycles. The van der Waals surface area contributed by atoms with Crippen molar-refractivity contribution < 1.29 is 18.3 Å². The highest BCUT2D eigenvalue weighted by Crippen LogP contribution is 2.43. The number of nitrogens with zero attached hydrogens (tertiary/aromatic N) is 3. The lowest BCUT2D eigenvalue weighted by molar-refractivity contribution is 0.121. The molecule has 4 heterocycles. The van der Waals surface area contributed by atoms with Crippen molar-refractivity contribution in [1.29, 1.82) is 0 Å². The smallest absolute Gasteiger partial charge is 0.200 e. The molecule has 0 N–H and O–H groups in total. The highest BCUT2D eigenvalue weighted by atomic mass is 16.5. The number of likely N-dealkylation sites (N-methyl/N-ethyl adjacent to an activating group) is 1. The van der Waals surface area contributed by atoms with E-state index in [1.54, 1.807) is 6.07 Å². The molecule has 5 aromatic rings. The minimum atomic E-state index is -0.0601. The van der Waals surface area contributed by atoms with Crippen molar-refractivity contribution in [3.8, 4) is 16.9 Å². The number of hydrogen-bond donors (Lipinski definition) is 0. The molecule has 2 aliphatic heterocycles. The molecule has 8 heteroatoms. The van der Waals surface area contributed by atoms with Crippen LogP contribution in [0.4, 0.5) is 5.88 Å². The first-order chi connectivity index (χ1) is 20.2. The molecule has 3 aromatic carbocycles. The van der Waals surface area contributed by atoms with Crippen LogP contribution in [0.15, 0.2) is 74.3 Å². The Balaban J connectivity index is 1.29. The summed E-state index contributed by atoms with van der Waals surface area (Å²) in [6.07, 6.45) is 1.18. The largest absolute Gasteiger partial charge is 0.491 e. The van der Waals surface area contributed by atoms with Gasteiger partial charge in [-0.15, -0.1) is 0 Å². The van der Waals surface area contributed by atoms with Crippen LogP contribution in [0.5, 0.6) is 5.75 Å². The molecule has 2 aromatic heterocycles. The molecule has 0 saturated carbocycles. The number of fused-ring (bicyclic) bond motifs is 4. The van der Waals surface area contributed by atoms with Gasteiger partial charge in [-0.05, 0) is 50.8 Å². The van der Waals surface area contributed by atoms with Crippen LogP contribution < -0.4 is 15.1 Å². The van der Waals surface area contributed by atoms with Crippen molar-refractivity contribution in [2.45, 2.75) is 6.42 Å². The maximum Gasteiger partial charge on any atom is 0.200 e. The van der Waals surface area contributed by atoms with E-state index in [0.717, 1.165) is 71.5 Å². The van der Waals surface area contributed by atoms with E-state index in [1.807, 2.05) is 48.5 Å². The summed E-state index contributed by atoms with van der Waals surface area (Å²) < 4.78 is 24.9. The van der Waals surface area contributed by atoms with Crippen LogP contribution in [-0.4, -0.2) is 82.5 Å². The highest BCUT2D eigenvalue weighted by Gasteiger charge is 2.22. The molecule has 0 amide bonds. The number of hydrogen-bond acceptors (Lipinski definition) is 8. The molecule has 0 bridgehead atoms. The fourth-order valence-electron chi connectivity index (χ4n) is 6.06. The lowest BCUT2D eigenvalue weighted by Crippen LogP contribution is -2.36. The Kier molecular flexibility index (Phi) is 7.12. The average molecular weight is 554 g/mol. The number of ether oxygens (including phenoxy) is 2. The van der Waals surface area contributed by atoms with Gasteiger partial charge in [0.05, 0.1) is 24.0 Å².